The Hall–Kier alpha value is -2.57. The minimum atomic E-state index is 0.448. The van der Waals surface area contributed by atoms with Crippen LogP contribution in [0.3, 0.4) is 0 Å². The first-order valence-corrected chi connectivity index (χ1v) is 10.9. The third-order valence-electron chi connectivity index (χ3n) is 6.21. The van der Waals surface area contributed by atoms with Gasteiger partial charge in [0.1, 0.15) is 12.4 Å². The standard InChI is InChI=1S/C22H33N7/c1-17-26-27-21(28(17)2)16-23-22(24-18-8-6-7-9-18)25-19-12-14-29(15-13-19)20-10-4-3-5-11-20/h3-5,10-11,18-19H,6-9,12-16H2,1-2H3,(H2,23,24,25). The molecule has 1 aromatic carbocycles. The zero-order chi connectivity index (χ0) is 20.1. The molecule has 2 heterocycles. The number of aliphatic imine (C=N–C) groups is 1. The van der Waals surface area contributed by atoms with E-state index in [1.54, 1.807) is 0 Å². The second-order valence-corrected chi connectivity index (χ2v) is 8.25. The largest absolute Gasteiger partial charge is 0.371 e. The summed E-state index contributed by atoms with van der Waals surface area (Å²) in [5.74, 6) is 2.74. The Morgan fingerprint density at radius 1 is 1.00 bits per heavy atom. The Morgan fingerprint density at radius 2 is 1.66 bits per heavy atom. The van der Waals surface area contributed by atoms with Gasteiger partial charge in [0.05, 0.1) is 0 Å². The normalized spacial score (nSPS) is 19.0. The molecular formula is C22H33N7. The first-order chi connectivity index (χ1) is 14.2. The van der Waals surface area contributed by atoms with E-state index < -0.39 is 0 Å². The molecule has 0 bridgehead atoms. The topological polar surface area (TPSA) is 70.4 Å². The smallest absolute Gasteiger partial charge is 0.192 e. The van der Waals surface area contributed by atoms with Crippen LogP contribution in [-0.2, 0) is 13.6 Å². The molecule has 4 rings (SSSR count). The second kappa shape index (κ2) is 9.29. The fraction of sp³-hybridized carbons (Fsp3) is 0.591. The van der Waals surface area contributed by atoms with E-state index in [1.165, 1.54) is 31.4 Å². The molecule has 29 heavy (non-hydrogen) atoms. The molecule has 1 aliphatic heterocycles. The first kappa shape index (κ1) is 19.7. The maximum absolute atomic E-state index is 4.86. The van der Waals surface area contributed by atoms with Crippen molar-refractivity contribution in [1.29, 1.82) is 0 Å². The number of anilines is 1. The summed E-state index contributed by atoms with van der Waals surface area (Å²) in [6.07, 6.45) is 7.31. The van der Waals surface area contributed by atoms with E-state index in [9.17, 15) is 0 Å². The highest BCUT2D eigenvalue weighted by molar-refractivity contribution is 5.80. The number of piperidine rings is 1. The summed E-state index contributed by atoms with van der Waals surface area (Å²) in [4.78, 5) is 7.33. The van der Waals surface area contributed by atoms with Crippen LogP contribution in [0.5, 0.6) is 0 Å². The van der Waals surface area contributed by atoms with Gasteiger partial charge in [-0.2, -0.15) is 0 Å². The number of hydrogen-bond acceptors (Lipinski definition) is 4. The zero-order valence-corrected chi connectivity index (χ0v) is 17.6. The zero-order valence-electron chi connectivity index (χ0n) is 17.6. The van der Waals surface area contributed by atoms with Gasteiger partial charge in [-0.1, -0.05) is 31.0 Å². The Balaban J connectivity index is 1.37. The van der Waals surface area contributed by atoms with Crippen LogP contribution in [0, 0.1) is 6.92 Å². The minimum absolute atomic E-state index is 0.448. The van der Waals surface area contributed by atoms with Crippen LogP contribution in [0.4, 0.5) is 5.69 Å². The number of nitrogens with one attached hydrogen (secondary N) is 2. The van der Waals surface area contributed by atoms with Gasteiger partial charge in [-0.15, -0.1) is 10.2 Å². The molecule has 0 unspecified atom stereocenters. The van der Waals surface area contributed by atoms with Gasteiger partial charge in [-0.05, 0) is 44.7 Å². The van der Waals surface area contributed by atoms with Crippen LogP contribution in [0.2, 0.25) is 0 Å². The van der Waals surface area contributed by atoms with Crippen LogP contribution < -0.4 is 15.5 Å². The van der Waals surface area contributed by atoms with Crippen LogP contribution >= 0.6 is 0 Å². The van der Waals surface area contributed by atoms with Crippen molar-refractivity contribution in [1.82, 2.24) is 25.4 Å². The predicted molar refractivity (Wildman–Crippen MR) is 117 cm³/mol. The lowest BCUT2D eigenvalue weighted by Gasteiger charge is -2.35. The average Bonchev–Trinajstić information content (AvgIpc) is 3.38. The molecule has 0 radical (unpaired) electrons. The molecule has 1 aromatic heterocycles. The molecule has 7 nitrogen and oxygen atoms in total. The van der Waals surface area contributed by atoms with E-state index in [2.05, 4.69) is 56.1 Å². The van der Waals surface area contributed by atoms with Crippen molar-refractivity contribution >= 4 is 11.6 Å². The first-order valence-electron chi connectivity index (χ1n) is 10.9. The van der Waals surface area contributed by atoms with Crippen molar-refractivity contribution in [2.24, 2.45) is 12.0 Å². The SMILES string of the molecule is Cc1nnc(CN=C(NC2CCCC2)NC2CCN(c3ccccc3)CC2)n1C. The Labute approximate surface area is 173 Å². The highest BCUT2D eigenvalue weighted by Gasteiger charge is 2.22. The number of nitrogens with zero attached hydrogens (tertiary/aromatic N) is 5. The third-order valence-corrected chi connectivity index (χ3v) is 6.21. The lowest BCUT2D eigenvalue weighted by atomic mass is 10.0. The van der Waals surface area contributed by atoms with Crippen molar-refractivity contribution < 1.29 is 0 Å². The predicted octanol–water partition coefficient (Wildman–Crippen LogP) is 2.77. The van der Waals surface area contributed by atoms with E-state index >= 15 is 0 Å². The molecule has 156 valence electrons. The van der Waals surface area contributed by atoms with Gasteiger partial charge >= 0.3 is 0 Å². The number of hydrogen-bond donors (Lipinski definition) is 2. The molecule has 1 aliphatic carbocycles. The number of benzene rings is 1. The van der Waals surface area contributed by atoms with E-state index in [-0.39, 0.29) is 0 Å². The summed E-state index contributed by atoms with van der Waals surface area (Å²) in [6.45, 7) is 4.65. The Morgan fingerprint density at radius 3 is 2.28 bits per heavy atom. The molecule has 0 spiro atoms. The Kier molecular flexibility index (Phi) is 6.32. The lowest BCUT2D eigenvalue weighted by molar-refractivity contribution is 0.456. The molecule has 1 saturated heterocycles. The number of para-hydroxylation sites is 1. The third kappa shape index (κ3) is 5.08. The van der Waals surface area contributed by atoms with E-state index in [0.29, 0.717) is 18.6 Å². The van der Waals surface area contributed by atoms with Gasteiger partial charge in [0.25, 0.3) is 0 Å². The van der Waals surface area contributed by atoms with Crippen molar-refractivity contribution in [3.8, 4) is 0 Å². The average molecular weight is 396 g/mol. The van der Waals surface area contributed by atoms with Gasteiger partial charge in [-0.3, -0.25) is 0 Å². The molecule has 2 N–H and O–H groups in total. The fourth-order valence-electron chi connectivity index (χ4n) is 4.25. The van der Waals surface area contributed by atoms with Crippen molar-refractivity contribution in [3.05, 3.63) is 42.0 Å². The van der Waals surface area contributed by atoms with Crippen LogP contribution in [0.15, 0.2) is 35.3 Å². The molecule has 2 aromatic rings. The molecule has 0 atom stereocenters. The minimum Gasteiger partial charge on any atom is -0.371 e. The van der Waals surface area contributed by atoms with Gasteiger partial charge in [0.2, 0.25) is 0 Å². The maximum Gasteiger partial charge on any atom is 0.192 e. The van der Waals surface area contributed by atoms with Crippen molar-refractivity contribution in [2.75, 3.05) is 18.0 Å². The summed E-state index contributed by atoms with van der Waals surface area (Å²) >= 11 is 0. The number of aromatic nitrogens is 3. The van der Waals surface area contributed by atoms with Gasteiger partial charge in [0.15, 0.2) is 11.8 Å². The summed E-state index contributed by atoms with van der Waals surface area (Å²) in [6, 6.07) is 11.7. The van der Waals surface area contributed by atoms with E-state index in [1.807, 2.05) is 18.5 Å². The number of guanidine groups is 1. The second-order valence-electron chi connectivity index (χ2n) is 8.25. The van der Waals surface area contributed by atoms with E-state index in [4.69, 9.17) is 4.99 Å². The Bertz CT molecular complexity index is 800. The fourth-order valence-corrected chi connectivity index (χ4v) is 4.25. The molecule has 2 aliphatic rings. The summed E-state index contributed by atoms with van der Waals surface area (Å²) in [7, 11) is 2.00. The summed E-state index contributed by atoms with van der Waals surface area (Å²) < 4.78 is 2.01. The monoisotopic (exact) mass is 395 g/mol. The highest BCUT2D eigenvalue weighted by Crippen LogP contribution is 2.20. The summed E-state index contributed by atoms with van der Waals surface area (Å²) in [5.41, 5.74) is 1.32. The van der Waals surface area contributed by atoms with E-state index in [0.717, 1.165) is 43.5 Å². The number of rotatable bonds is 5. The molecule has 2 fully saturated rings. The molecule has 0 amide bonds. The van der Waals surface area contributed by atoms with Crippen molar-refractivity contribution in [3.63, 3.8) is 0 Å². The van der Waals surface area contributed by atoms with Crippen molar-refractivity contribution in [2.45, 2.75) is 64.1 Å². The maximum atomic E-state index is 4.86. The molecular weight excluding hydrogens is 362 g/mol. The van der Waals surface area contributed by atoms with Gasteiger partial charge in [0, 0.05) is 37.9 Å². The van der Waals surface area contributed by atoms with Crippen LogP contribution in [-0.4, -0.2) is 45.9 Å². The van der Waals surface area contributed by atoms with Crippen LogP contribution in [0.25, 0.3) is 0 Å². The summed E-state index contributed by atoms with van der Waals surface area (Å²) in [5, 5.41) is 15.8. The molecule has 7 heteroatoms. The lowest BCUT2D eigenvalue weighted by Crippen LogP contribution is -2.50. The highest BCUT2D eigenvalue weighted by atomic mass is 15.3. The quantitative estimate of drug-likeness (QED) is 0.602. The van der Waals surface area contributed by atoms with Gasteiger partial charge < -0.3 is 20.1 Å². The van der Waals surface area contributed by atoms with Gasteiger partial charge in [-0.25, -0.2) is 4.99 Å². The molecule has 1 saturated carbocycles. The van der Waals surface area contributed by atoms with Crippen LogP contribution in [0.1, 0.15) is 50.2 Å². The number of aryl methyl sites for hydroxylation is 1.